The zero-order valence-corrected chi connectivity index (χ0v) is 10.7. The molecule has 0 aliphatic heterocycles. The minimum atomic E-state index is -0.247. The summed E-state index contributed by atoms with van der Waals surface area (Å²) >= 11 is 0. The van der Waals surface area contributed by atoms with Crippen LogP contribution in [0.4, 0.5) is 0 Å². The van der Waals surface area contributed by atoms with Gasteiger partial charge in [-0.1, -0.05) is 12.1 Å². The van der Waals surface area contributed by atoms with E-state index in [1.807, 2.05) is 51.1 Å². The average molecular weight is 231 g/mol. The van der Waals surface area contributed by atoms with Crippen LogP contribution in [0.15, 0.2) is 30.3 Å². The fourth-order valence-electron chi connectivity index (χ4n) is 1.64. The largest absolute Gasteiger partial charge is 0.494 e. The van der Waals surface area contributed by atoms with Crippen LogP contribution in [0.25, 0.3) is 10.9 Å². The Balaban J connectivity index is 2.48. The van der Waals surface area contributed by atoms with Crippen molar-refractivity contribution in [2.45, 2.75) is 26.4 Å². The van der Waals surface area contributed by atoms with Crippen LogP contribution in [-0.2, 0) is 0 Å². The number of benzene rings is 1. The van der Waals surface area contributed by atoms with Crippen molar-refractivity contribution in [1.29, 1.82) is 0 Å². The van der Waals surface area contributed by atoms with E-state index in [2.05, 4.69) is 4.98 Å². The summed E-state index contributed by atoms with van der Waals surface area (Å²) in [5, 5.41) is 1.05. The smallest absolute Gasteiger partial charge is 0.214 e. The molecule has 0 saturated carbocycles. The number of fused-ring (bicyclic) bond motifs is 1. The van der Waals surface area contributed by atoms with Crippen LogP contribution < -0.4 is 9.47 Å². The summed E-state index contributed by atoms with van der Waals surface area (Å²) in [5.74, 6) is 1.39. The van der Waals surface area contributed by atoms with Crippen LogP contribution in [-0.4, -0.2) is 17.7 Å². The molecule has 0 unspecified atom stereocenters. The van der Waals surface area contributed by atoms with E-state index in [0.29, 0.717) is 5.88 Å². The molecule has 90 valence electrons. The highest BCUT2D eigenvalue weighted by Crippen LogP contribution is 2.26. The molecular formula is C14H17NO2. The number of hydrogen-bond acceptors (Lipinski definition) is 3. The Labute approximate surface area is 101 Å². The quantitative estimate of drug-likeness (QED) is 0.793. The minimum Gasteiger partial charge on any atom is -0.494 e. The first-order valence-corrected chi connectivity index (χ1v) is 5.62. The summed E-state index contributed by atoms with van der Waals surface area (Å²) in [6.45, 7) is 6.00. The number of para-hydroxylation sites is 1. The van der Waals surface area contributed by atoms with Crippen molar-refractivity contribution in [1.82, 2.24) is 4.98 Å². The third kappa shape index (κ3) is 2.67. The van der Waals surface area contributed by atoms with Crippen molar-refractivity contribution >= 4 is 10.9 Å². The first-order valence-electron chi connectivity index (χ1n) is 5.62. The van der Waals surface area contributed by atoms with Gasteiger partial charge in [0.1, 0.15) is 16.9 Å². The van der Waals surface area contributed by atoms with Crippen molar-refractivity contribution in [3.05, 3.63) is 30.3 Å². The van der Waals surface area contributed by atoms with E-state index < -0.39 is 0 Å². The van der Waals surface area contributed by atoms with Crippen molar-refractivity contribution < 1.29 is 9.47 Å². The van der Waals surface area contributed by atoms with Crippen molar-refractivity contribution in [3.8, 4) is 11.6 Å². The minimum absolute atomic E-state index is 0.247. The number of ether oxygens (including phenoxy) is 2. The molecule has 0 N–H and O–H groups in total. The molecule has 0 aliphatic carbocycles. The maximum absolute atomic E-state index is 5.74. The fraction of sp³-hybridized carbons (Fsp3) is 0.357. The van der Waals surface area contributed by atoms with E-state index in [1.54, 1.807) is 7.11 Å². The molecule has 2 aromatic rings. The Morgan fingerprint density at radius 1 is 1.06 bits per heavy atom. The second-order valence-corrected chi connectivity index (χ2v) is 4.90. The molecule has 1 aromatic carbocycles. The topological polar surface area (TPSA) is 31.4 Å². The summed E-state index contributed by atoms with van der Waals surface area (Å²) in [6.07, 6.45) is 0. The number of pyridine rings is 1. The molecule has 3 heteroatoms. The lowest BCUT2D eigenvalue weighted by atomic mass is 10.2. The van der Waals surface area contributed by atoms with Crippen LogP contribution in [0, 0.1) is 0 Å². The Morgan fingerprint density at radius 2 is 1.82 bits per heavy atom. The first-order chi connectivity index (χ1) is 7.99. The summed E-state index contributed by atoms with van der Waals surface area (Å²) in [7, 11) is 1.65. The summed E-state index contributed by atoms with van der Waals surface area (Å²) in [4.78, 5) is 4.48. The van der Waals surface area contributed by atoms with Gasteiger partial charge in [-0.15, -0.1) is 0 Å². The van der Waals surface area contributed by atoms with Crippen LogP contribution in [0.2, 0.25) is 0 Å². The summed E-state index contributed by atoms with van der Waals surface area (Å²) < 4.78 is 11.0. The Kier molecular flexibility index (Phi) is 2.92. The van der Waals surface area contributed by atoms with Gasteiger partial charge in [0.15, 0.2) is 0 Å². The van der Waals surface area contributed by atoms with Crippen LogP contribution in [0.5, 0.6) is 11.6 Å². The number of methoxy groups -OCH3 is 1. The van der Waals surface area contributed by atoms with Gasteiger partial charge in [-0.05, 0) is 32.9 Å². The normalized spacial score (nSPS) is 11.5. The SMILES string of the molecule is COc1cccc2ccc(OC(C)(C)C)nc12. The Hall–Kier alpha value is -1.77. The molecule has 0 atom stereocenters. The third-order valence-electron chi connectivity index (χ3n) is 2.29. The lowest BCUT2D eigenvalue weighted by Gasteiger charge is -2.20. The van der Waals surface area contributed by atoms with E-state index >= 15 is 0 Å². The molecule has 2 rings (SSSR count). The van der Waals surface area contributed by atoms with Crippen molar-refractivity contribution in [2.75, 3.05) is 7.11 Å². The standard InChI is InChI=1S/C14H17NO2/c1-14(2,3)17-12-9-8-10-6-5-7-11(16-4)13(10)15-12/h5-9H,1-4H3. The molecule has 1 aromatic heterocycles. The molecule has 3 nitrogen and oxygen atoms in total. The lowest BCUT2D eigenvalue weighted by Crippen LogP contribution is -2.23. The highest BCUT2D eigenvalue weighted by atomic mass is 16.5. The first kappa shape index (κ1) is 11.7. The second kappa shape index (κ2) is 4.24. The molecule has 0 aliphatic rings. The van der Waals surface area contributed by atoms with Gasteiger partial charge in [0, 0.05) is 11.5 Å². The van der Waals surface area contributed by atoms with Crippen LogP contribution in [0.1, 0.15) is 20.8 Å². The maximum atomic E-state index is 5.74. The van der Waals surface area contributed by atoms with Gasteiger partial charge in [-0.2, -0.15) is 0 Å². The zero-order valence-electron chi connectivity index (χ0n) is 10.7. The maximum Gasteiger partial charge on any atom is 0.214 e. The molecule has 1 heterocycles. The highest BCUT2D eigenvalue weighted by Gasteiger charge is 2.13. The van der Waals surface area contributed by atoms with Crippen molar-refractivity contribution in [2.24, 2.45) is 0 Å². The van der Waals surface area contributed by atoms with Gasteiger partial charge in [0.25, 0.3) is 0 Å². The van der Waals surface area contributed by atoms with Gasteiger partial charge < -0.3 is 9.47 Å². The molecular weight excluding hydrogens is 214 g/mol. The molecule has 0 saturated heterocycles. The van der Waals surface area contributed by atoms with Gasteiger partial charge in [0.05, 0.1) is 7.11 Å². The lowest BCUT2D eigenvalue weighted by molar-refractivity contribution is 0.124. The molecule has 0 bridgehead atoms. The predicted octanol–water partition coefficient (Wildman–Crippen LogP) is 3.42. The van der Waals surface area contributed by atoms with E-state index in [9.17, 15) is 0 Å². The van der Waals surface area contributed by atoms with Gasteiger partial charge in [-0.25, -0.2) is 4.98 Å². The third-order valence-corrected chi connectivity index (χ3v) is 2.29. The van der Waals surface area contributed by atoms with E-state index in [0.717, 1.165) is 16.7 Å². The fourth-order valence-corrected chi connectivity index (χ4v) is 1.64. The van der Waals surface area contributed by atoms with Gasteiger partial charge in [-0.3, -0.25) is 0 Å². The molecule has 0 radical (unpaired) electrons. The number of rotatable bonds is 2. The number of nitrogens with zero attached hydrogens (tertiary/aromatic N) is 1. The summed E-state index contributed by atoms with van der Waals surface area (Å²) in [5.41, 5.74) is 0.583. The number of hydrogen-bond donors (Lipinski definition) is 0. The molecule has 0 spiro atoms. The van der Waals surface area contributed by atoms with Gasteiger partial charge >= 0.3 is 0 Å². The highest BCUT2D eigenvalue weighted by molar-refractivity contribution is 5.84. The van der Waals surface area contributed by atoms with Gasteiger partial charge in [0.2, 0.25) is 5.88 Å². The molecule has 0 amide bonds. The predicted molar refractivity (Wildman–Crippen MR) is 68.7 cm³/mol. The van der Waals surface area contributed by atoms with Crippen LogP contribution >= 0.6 is 0 Å². The van der Waals surface area contributed by atoms with E-state index in [1.165, 1.54) is 0 Å². The van der Waals surface area contributed by atoms with E-state index in [4.69, 9.17) is 9.47 Å². The Bertz CT molecular complexity index is 529. The Morgan fingerprint density at radius 3 is 2.47 bits per heavy atom. The summed E-state index contributed by atoms with van der Waals surface area (Å²) in [6, 6.07) is 9.73. The monoisotopic (exact) mass is 231 g/mol. The van der Waals surface area contributed by atoms with Crippen LogP contribution in [0.3, 0.4) is 0 Å². The second-order valence-electron chi connectivity index (χ2n) is 4.90. The molecule has 0 fully saturated rings. The van der Waals surface area contributed by atoms with E-state index in [-0.39, 0.29) is 5.60 Å². The number of aromatic nitrogens is 1. The molecule has 17 heavy (non-hydrogen) atoms. The average Bonchev–Trinajstić information content (AvgIpc) is 2.26. The van der Waals surface area contributed by atoms with Crippen molar-refractivity contribution in [3.63, 3.8) is 0 Å². The zero-order chi connectivity index (χ0) is 12.5.